The summed E-state index contributed by atoms with van der Waals surface area (Å²) in [7, 11) is 0. The standard InChI is InChI=1S/C65H46N2.C53H38N2/c1-65(2)59-41-48-21-10-9-20-47(48)40-58(59)52-37-36-51(42-60(52)65)67-61-26-13-11-22-53(61)55-24-15-25-57-63(39-38-56(64(55)57)54-23-12-14-27-62(54)67)66(49-32-28-45(29-33-49)43-16-5-3-6-17-43)50-34-30-46(31-35-50)44-18-7-4-8-19-44;1-53(2)47-33-36-17-10-9-16-35(36)32-46(47)40-29-28-39(34-48(40)53)55-49-26-13-11-22-41(49)43-24-15-25-45-51(31-30-44(52(43)45)42-23-12-14-27-50(42)55)54(37-18-5-3-6-19-37)38-20-7-4-8-21-38/h3-42H,1-2H3;3-34H,1-2H3. The van der Waals surface area contributed by atoms with Crippen LogP contribution in [0, 0.1) is 0 Å². The van der Waals surface area contributed by atoms with Gasteiger partial charge in [0.05, 0.1) is 34.1 Å². The van der Waals surface area contributed by atoms with Crippen molar-refractivity contribution in [1.82, 2.24) is 0 Å². The molecule has 4 aliphatic rings. The normalized spacial score (nSPS) is 13.2. The average molecular weight is 1560 g/mol. The number of nitrogens with zero attached hydrogens (tertiary/aromatic N) is 4. The molecule has 0 saturated carbocycles. The van der Waals surface area contributed by atoms with Gasteiger partial charge >= 0.3 is 0 Å². The summed E-state index contributed by atoms with van der Waals surface area (Å²) in [6, 6.07) is 161. The molecule has 0 aromatic heterocycles. The molecule has 20 aromatic rings. The number of hydrogen-bond acceptors (Lipinski definition) is 4. The van der Waals surface area contributed by atoms with Gasteiger partial charge in [-0.1, -0.05) is 331 Å². The lowest BCUT2D eigenvalue weighted by Gasteiger charge is -2.34. The van der Waals surface area contributed by atoms with Crippen LogP contribution in [0.5, 0.6) is 0 Å². The highest BCUT2D eigenvalue weighted by Crippen LogP contribution is 2.60. The quantitative estimate of drug-likeness (QED) is 0.135. The molecule has 4 nitrogen and oxygen atoms in total. The maximum Gasteiger partial charge on any atom is 0.0540 e. The van der Waals surface area contributed by atoms with Gasteiger partial charge in [-0.15, -0.1) is 0 Å². The fourth-order valence-electron chi connectivity index (χ4n) is 20.4. The maximum atomic E-state index is 2.51. The lowest BCUT2D eigenvalue weighted by Crippen LogP contribution is -2.17. The summed E-state index contributed by atoms with van der Waals surface area (Å²) in [5.74, 6) is 0. The van der Waals surface area contributed by atoms with E-state index in [-0.39, 0.29) is 10.8 Å². The zero-order chi connectivity index (χ0) is 81.3. The van der Waals surface area contributed by atoms with Gasteiger partial charge in [0.1, 0.15) is 0 Å². The lowest BCUT2D eigenvalue weighted by atomic mass is 9.81. The van der Waals surface area contributed by atoms with E-state index in [9.17, 15) is 0 Å². The van der Waals surface area contributed by atoms with E-state index in [1.807, 2.05) is 0 Å². The molecule has 24 rings (SSSR count). The molecule has 4 heteroatoms. The molecule has 2 heterocycles. The van der Waals surface area contributed by atoms with Gasteiger partial charge in [-0.25, -0.2) is 0 Å². The fourth-order valence-corrected chi connectivity index (χ4v) is 20.4. The summed E-state index contributed by atoms with van der Waals surface area (Å²) in [4.78, 5) is 9.82. The smallest absolute Gasteiger partial charge is 0.0540 e. The van der Waals surface area contributed by atoms with Crippen molar-refractivity contribution in [2.75, 3.05) is 19.6 Å². The minimum atomic E-state index is -0.170. The zero-order valence-corrected chi connectivity index (χ0v) is 68.4. The van der Waals surface area contributed by atoms with Crippen LogP contribution in [0.4, 0.5) is 68.2 Å². The van der Waals surface area contributed by atoms with Crippen LogP contribution in [0.15, 0.2) is 437 Å². The molecule has 0 radical (unpaired) electrons. The number of fused-ring (bicyclic) bond motifs is 16. The summed E-state index contributed by atoms with van der Waals surface area (Å²) >= 11 is 0. The molecule has 0 bridgehead atoms. The van der Waals surface area contributed by atoms with Crippen LogP contribution < -0.4 is 19.6 Å². The molecule has 0 unspecified atom stereocenters. The van der Waals surface area contributed by atoms with E-state index in [1.165, 1.54) is 166 Å². The molecule has 0 amide bonds. The summed E-state index contributed by atoms with van der Waals surface area (Å²) in [5.41, 5.74) is 38.7. The van der Waals surface area contributed by atoms with Gasteiger partial charge in [-0.05, 0) is 255 Å². The van der Waals surface area contributed by atoms with E-state index >= 15 is 0 Å². The minimum Gasteiger partial charge on any atom is -0.310 e. The Kier molecular flexibility index (Phi) is 16.9. The largest absolute Gasteiger partial charge is 0.310 e. The van der Waals surface area contributed by atoms with Gasteiger partial charge in [0.25, 0.3) is 0 Å². The van der Waals surface area contributed by atoms with Crippen LogP contribution in [0.2, 0.25) is 0 Å². The predicted molar refractivity (Wildman–Crippen MR) is 517 cm³/mol. The van der Waals surface area contributed by atoms with Crippen molar-refractivity contribution >= 4 is 111 Å². The third kappa shape index (κ3) is 11.6. The van der Waals surface area contributed by atoms with E-state index < -0.39 is 0 Å². The number of hydrogen-bond donors (Lipinski definition) is 0. The van der Waals surface area contributed by atoms with Gasteiger partial charge < -0.3 is 19.6 Å². The average Bonchev–Trinajstić information content (AvgIpc) is 1.58. The molecule has 20 aromatic carbocycles. The summed E-state index contributed by atoms with van der Waals surface area (Å²) in [5, 5.41) is 10.0. The van der Waals surface area contributed by atoms with E-state index in [1.54, 1.807) is 0 Å². The second-order valence-corrected chi connectivity index (χ2v) is 33.8. The van der Waals surface area contributed by atoms with Crippen molar-refractivity contribution in [2.45, 2.75) is 38.5 Å². The summed E-state index contributed by atoms with van der Waals surface area (Å²) in [6.07, 6.45) is 0. The molecule has 0 atom stereocenters. The number of anilines is 12. The first-order chi connectivity index (χ1) is 60.1. The Bertz CT molecular complexity index is 7330. The molecular weight excluding hydrogens is 1470 g/mol. The predicted octanol–water partition coefficient (Wildman–Crippen LogP) is 33.1. The second kappa shape index (κ2) is 28.7. The van der Waals surface area contributed by atoms with Crippen LogP contribution in [0.3, 0.4) is 0 Å². The first kappa shape index (κ1) is 71.9. The number of para-hydroxylation sites is 6. The Morgan fingerprint density at radius 3 is 0.820 bits per heavy atom. The first-order valence-corrected chi connectivity index (χ1v) is 42.5. The van der Waals surface area contributed by atoms with Crippen LogP contribution in [-0.4, -0.2) is 0 Å². The monoisotopic (exact) mass is 1560 g/mol. The van der Waals surface area contributed by atoms with Crippen molar-refractivity contribution in [3.63, 3.8) is 0 Å². The van der Waals surface area contributed by atoms with Crippen molar-refractivity contribution < 1.29 is 0 Å². The summed E-state index contributed by atoms with van der Waals surface area (Å²) in [6.45, 7) is 9.54. The van der Waals surface area contributed by atoms with Crippen LogP contribution in [0.1, 0.15) is 49.9 Å². The molecule has 0 saturated heterocycles. The van der Waals surface area contributed by atoms with E-state index in [0.29, 0.717) is 0 Å². The highest BCUT2D eigenvalue weighted by Gasteiger charge is 2.40. The Labute approximate surface area is 712 Å². The SMILES string of the molecule is CC1(C)c2cc(N3c4ccccc4-c4cccc5c(N(c6ccc(-c7ccccc7)cc6)c6ccc(-c7ccccc7)cc6)ccc(c45)-c4ccccc43)ccc2-c2cc3ccccc3cc21.CC1(C)c2cc(N3c4ccccc4-c4cccc5c(N(c6ccccc6)c6ccccc6)ccc(c45)-c4ccccc43)ccc2-c2cc3ccccc3cc21. The molecule has 0 fully saturated rings. The van der Waals surface area contributed by atoms with Crippen molar-refractivity contribution in [3.05, 3.63) is 459 Å². The Morgan fingerprint density at radius 2 is 0.459 bits per heavy atom. The maximum absolute atomic E-state index is 2.51. The van der Waals surface area contributed by atoms with Crippen LogP contribution >= 0.6 is 0 Å². The Balaban J connectivity index is 0.000000144. The van der Waals surface area contributed by atoms with Gasteiger partial charge in [-0.2, -0.15) is 0 Å². The fraction of sp³-hybridized carbons (Fsp3) is 0.0508. The topological polar surface area (TPSA) is 13.0 Å². The van der Waals surface area contributed by atoms with E-state index in [0.717, 1.165) is 56.9 Å². The van der Waals surface area contributed by atoms with Gasteiger partial charge in [0.15, 0.2) is 0 Å². The first-order valence-electron chi connectivity index (χ1n) is 42.5. The molecule has 0 spiro atoms. The molecule has 576 valence electrons. The Morgan fingerprint density at radius 1 is 0.189 bits per heavy atom. The van der Waals surface area contributed by atoms with Crippen LogP contribution in [-0.2, 0) is 10.8 Å². The number of rotatable bonds is 10. The number of benzene rings is 20. The Hall–Kier alpha value is -15.4. The lowest BCUT2D eigenvalue weighted by molar-refractivity contribution is 0.661. The minimum absolute atomic E-state index is 0.148. The van der Waals surface area contributed by atoms with Crippen LogP contribution in [0.25, 0.3) is 132 Å². The summed E-state index contributed by atoms with van der Waals surface area (Å²) < 4.78 is 0. The molecule has 0 N–H and O–H groups in total. The van der Waals surface area contributed by atoms with Gasteiger partial charge in [0, 0.05) is 78.0 Å². The van der Waals surface area contributed by atoms with E-state index in [4.69, 9.17) is 0 Å². The van der Waals surface area contributed by atoms with Crippen molar-refractivity contribution in [3.8, 4) is 89.0 Å². The third-order valence-electron chi connectivity index (χ3n) is 26.3. The molecule has 2 aliphatic carbocycles. The highest BCUT2D eigenvalue weighted by atomic mass is 15.2. The highest BCUT2D eigenvalue weighted by molar-refractivity contribution is 6.19. The van der Waals surface area contributed by atoms with Crippen molar-refractivity contribution in [2.24, 2.45) is 0 Å². The third-order valence-corrected chi connectivity index (χ3v) is 26.3. The van der Waals surface area contributed by atoms with Crippen molar-refractivity contribution in [1.29, 1.82) is 0 Å². The zero-order valence-electron chi connectivity index (χ0n) is 68.4. The molecular formula is C118H84N4. The molecule has 122 heavy (non-hydrogen) atoms. The molecule has 2 aliphatic heterocycles. The second-order valence-electron chi connectivity index (χ2n) is 33.8. The van der Waals surface area contributed by atoms with Gasteiger partial charge in [0.2, 0.25) is 0 Å². The van der Waals surface area contributed by atoms with Gasteiger partial charge in [-0.3, -0.25) is 0 Å². The van der Waals surface area contributed by atoms with E-state index in [2.05, 4.69) is 484 Å².